The molecule has 6 nitrogen and oxygen atoms in total. The third-order valence-corrected chi connectivity index (χ3v) is 5.64. The third kappa shape index (κ3) is 8.96. The number of benzene rings is 2. The van der Waals surface area contributed by atoms with Crippen molar-refractivity contribution in [1.29, 1.82) is 0 Å². The monoisotopic (exact) mass is 519 g/mol. The minimum absolute atomic E-state index is 0.144. The van der Waals surface area contributed by atoms with Crippen LogP contribution in [0.25, 0.3) is 0 Å². The summed E-state index contributed by atoms with van der Waals surface area (Å²) in [5, 5.41) is 3.04. The molecule has 32 heavy (non-hydrogen) atoms. The summed E-state index contributed by atoms with van der Waals surface area (Å²) in [6.07, 6.45) is 1.75. The van der Waals surface area contributed by atoms with Crippen molar-refractivity contribution in [3.05, 3.63) is 64.1 Å². The van der Waals surface area contributed by atoms with Crippen LogP contribution in [-0.2, 0) is 11.2 Å². The van der Waals surface area contributed by atoms with Gasteiger partial charge >= 0.3 is 0 Å². The SMILES string of the molecule is CC(C)CCOc1ccc(Br)cc1C(=O)NC(=S)N(CCC(N)=O)CCc1ccccc1. The van der Waals surface area contributed by atoms with Crippen LogP contribution < -0.4 is 15.8 Å². The molecule has 0 spiro atoms. The minimum atomic E-state index is -0.420. The van der Waals surface area contributed by atoms with E-state index in [1.165, 1.54) is 0 Å². The summed E-state index contributed by atoms with van der Waals surface area (Å²) < 4.78 is 6.61. The van der Waals surface area contributed by atoms with Crippen LogP contribution in [0.2, 0.25) is 0 Å². The fraction of sp³-hybridized carbons (Fsp3) is 0.375. The first-order valence-electron chi connectivity index (χ1n) is 10.6. The number of nitrogens with zero attached hydrogens (tertiary/aromatic N) is 1. The standard InChI is InChI=1S/C24H30BrN3O3S/c1-17(2)12-15-31-21-9-8-19(25)16-20(21)23(30)27-24(32)28(14-11-22(26)29)13-10-18-6-4-3-5-7-18/h3-9,16-17H,10-15H2,1-2H3,(H2,26,29)(H,27,30,32). The van der Waals surface area contributed by atoms with Gasteiger partial charge in [0.1, 0.15) is 5.75 Å². The molecular formula is C24H30BrN3O3S. The predicted molar refractivity (Wildman–Crippen MR) is 135 cm³/mol. The maximum absolute atomic E-state index is 13.0. The van der Waals surface area contributed by atoms with Crippen molar-refractivity contribution in [2.45, 2.75) is 33.1 Å². The first kappa shape index (κ1) is 25.8. The lowest BCUT2D eigenvalue weighted by molar-refractivity contribution is -0.118. The normalized spacial score (nSPS) is 10.6. The van der Waals surface area contributed by atoms with Crippen LogP contribution in [0.5, 0.6) is 5.75 Å². The van der Waals surface area contributed by atoms with E-state index in [-0.39, 0.29) is 17.4 Å². The Hall–Kier alpha value is -2.45. The van der Waals surface area contributed by atoms with Crippen LogP contribution in [0.15, 0.2) is 53.0 Å². The van der Waals surface area contributed by atoms with E-state index in [4.69, 9.17) is 22.7 Å². The first-order valence-corrected chi connectivity index (χ1v) is 11.8. The van der Waals surface area contributed by atoms with Gasteiger partial charge in [-0.15, -0.1) is 0 Å². The Balaban J connectivity index is 2.09. The second kappa shape index (κ2) is 13.2. The molecule has 0 saturated carbocycles. The smallest absolute Gasteiger partial charge is 0.261 e. The number of hydrogen-bond acceptors (Lipinski definition) is 4. The zero-order valence-electron chi connectivity index (χ0n) is 18.5. The zero-order chi connectivity index (χ0) is 23.5. The Morgan fingerprint density at radius 2 is 1.88 bits per heavy atom. The molecule has 172 valence electrons. The molecule has 2 aromatic carbocycles. The van der Waals surface area contributed by atoms with Crippen LogP contribution >= 0.6 is 28.1 Å². The molecule has 2 aromatic rings. The Bertz CT molecular complexity index is 922. The van der Waals surface area contributed by atoms with Crippen molar-refractivity contribution < 1.29 is 14.3 Å². The van der Waals surface area contributed by atoms with E-state index in [0.717, 1.165) is 22.9 Å². The summed E-state index contributed by atoms with van der Waals surface area (Å²) in [5.41, 5.74) is 6.86. The van der Waals surface area contributed by atoms with Crippen LogP contribution in [0.3, 0.4) is 0 Å². The highest BCUT2D eigenvalue weighted by molar-refractivity contribution is 9.10. The lowest BCUT2D eigenvalue weighted by atomic mass is 10.1. The Morgan fingerprint density at radius 3 is 2.53 bits per heavy atom. The maximum Gasteiger partial charge on any atom is 0.261 e. The van der Waals surface area contributed by atoms with E-state index in [0.29, 0.717) is 36.9 Å². The number of ether oxygens (including phenoxy) is 1. The third-order valence-electron chi connectivity index (χ3n) is 4.79. The van der Waals surface area contributed by atoms with Crippen LogP contribution in [0.4, 0.5) is 0 Å². The Kier molecular flexibility index (Phi) is 10.6. The number of halogens is 1. The molecule has 0 saturated heterocycles. The highest BCUT2D eigenvalue weighted by Crippen LogP contribution is 2.24. The molecule has 0 heterocycles. The average molecular weight is 520 g/mol. The van der Waals surface area contributed by atoms with Gasteiger partial charge in [0, 0.05) is 24.0 Å². The van der Waals surface area contributed by atoms with Gasteiger partial charge in [-0.05, 0) is 54.7 Å². The average Bonchev–Trinajstić information content (AvgIpc) is 2.74. The molecular weight excluding hydrogens is 490 g/mol. The Labute approximate surface area is 203 Å². The number of carbonyl (C=O) groups excluding carboxylic acids is 2. The van der Waals surface area contributed by atoms with E-state index in [2.05, 4.69) is 35.1 Å². The van der Waals surface area contributed by atoms with E-state index < -0.39 is 5.91 Å². The van der Waals surface area contributed by atoms with Gasteiger partial charge < -0.3 is 15.4 Å². The molecule has 0 aromatic heterocycles. The van der Waals surface area contributed by atoms with Crippen LogP contribution in [0, 0.1) is 5.92 Å². The molecule has 0 bridgehead atoms. The van der Waals surface area contributed by atoms with Gasteiger partial charge in [0.15, 0.2) is 5.11 Å². The number of hydrogen-bond donors (Lipinski definition) is 2. The first-order chi connectivity index (χ1) is 15.3. The fourth-order valence-electron chi connectivity index (χ4n) is 2.92. The molecule has 0 aliphatic heterocycles. The van der Waals surface area contributed by atoms with Crippen molar-refractivity contribution in [3.8, 4) is 5.75 Å². The van der Waals surface area contributed by atoms with E-state index in [1.807, 2.05) is 36.4 Å². The largest absolute Gasteiger partial charge is 0.493 e. The molecule has 0 unspecified atom stereocenters. The van der Waals surface area contributed by atoms with Gasteiger partial charge in [-0.1, -0.05) is 60.1 Å². The minimum Gasteiger partial charge on any atom is -0.493 e. The highest BCUT2D eigenvalue weighted by atomic mass is 79.9. The molecule has 0 atom stereocenters. The molecule has 0 aliphatic rings. The van der Waals surface area contributed by atoms with Gasteiger partial charge in [-0.2, -0.15) is 0 Å². The Morgan fingerprint density at radius 1 is 1.16 bits per heavy atom. The lowest BCUT2D eigenvalue weighted by Crippen LogP contribution is -2.44. The second-order valence-electron chi connectivity index (χ2n) is 7.87. The number of primary amides is 1. The number of carbonyl (C=O) groups is 2. The summed E-state index contributed by atoms with van der Waals surface area (Å²) in [5.74, 6) is 0.220. The van der Waals surface area contributed by atoms with Gasteiger partial charge in [-0.3, -0.25) is 14.9 Å². The van der Waals surface area contributed by atoms with Crippen LogP contribution in [0.1, 0.15) is 42.6 Å². The number of thiocarbonyl (C=S) groups is 1. The summed E-state index contributed by atoms with van der Waals surface area (Å²) >= 11 is 8.92. The van der Waals surface area contributed by atoms with Crippen molar-refractivity contribution in [2.75, 3.05) is 19.7 Å². The van der Waals surface area contributed by atoms with Gasteiger partial charge in [0.2, 0.25) is 5.91 Å². The highest BCUT2D eigenvalue weighted by Gasteiger charge is 2.18. The van der Waals surface area contributed by atoms with Gasteiger partial charge in [0.05, 0.1) is 12.2 Å². The summed E-state index contributed by atoms with van der Waals surface area (Å²) in [6, 6.07) is 15.3. The van der Waals surface area contributed by atoms with Crippen molar-refractivity contribution in [3.63, 3.8) is 0 Å². The molecule has 2 rings (SSSR count). The molecule has 0 fully saturated rings. The van der Waals surface area contributed by atoms with Crippen LogP contribution in [-0.4, -0.2) is 41.5 Å². The topological polar surface area (TPSA) is 84.7 Å². The van der Waals surface area contributed by atoms with Crippen molar-refractivity contribution in [1.82, 2.24) is 10.2 Å². The van der Waals surface area contributed by atoms with Crippen molar-refractivity contribution in [2.24, 2.45) is 11.7 Å². The number of nitrogens with one attached hydrogen (secondary N) is 1. The fourth-order valence-corrected chi connectivity index (χ4v) is 3.56. The number of rotatable bonds is 11. The van der Waals surface area contributed by atoms with E-state index >= 15 is 0 Å². The van der Waals surface area contributed by atoms with E-state index in [9.17, 15) is 9.59 Å². The molecule has 0 radical (unpaired) electrons. The van der Waals surface area contributed by atoms with Gasteiger partial charge in [0.25, 0.3) is 5.91 Å². The molecule has 0 aliphatic carbocycles. The maximum atomic E-state index is 13.0. The quantitative estimate of drug-likeness (QED) is 0.432. The molecule has 2 amide bonds. The van der Waals surface area contributed by atoms with E-state index in [1.54, 1.807) is 17.0 Å². The molecule has 3 N–H and O–H groups in total. The second-order valence-corrected chi connectivity index (χ2v) is 9.17. The van der Waals surface area contributed by atoms with Crippen molar-refractivity contribution >= 4 is 45.1 Å². The zero-order valence-corrected chi connectivity index (χ0v) is 20.9. The van der Waals surface area contributed by atoms with Gasteiger partial charge in [-0.25, -0.2) is 0 Å². The summed E-state index contributed by atoms with van der Waals surface area (Å²) in [6.45, 7) is 5.64. The lowest BCUT2D eigenvalue weighted by Gasteiger charge is -2.25. The predicted octanol–water partition coefficient (Wildman–Crippen LogP) is 4.31. The number of amides is 2. The summed E-state index contributed by atoms with van der Waals surface area (Å²) in [4.78, 5) is 26.1. The summed E-state index contributed by atoms with van der Waals surface area (Å²) in [7, 11) is 0. The number of nitrogens with two attached hydrogens (primary N) is 1. The molecule has 8 heteroatoms.